The van der Waals surface area contributed by atoms with Crippen molar-refractivity contribution >= 4 is 23.1 Å². The van der Waals surface area contributed by atoms with Gasteiger partial charge in [0.15, 0.2) is 0 Å². The fraction of sp³-hybridized carbons (Fsp3) is 0.273. The maximum Gasteiger partial charge on any atom is 0.295 e. The lowest BCUT2D eigenvalue weighted by molar-refractivity contribution is -0.384. The minimum Gasteiger partial charge on any atom is -0.507 e. The lowest BCUT2D eigenvalue weighted by atomic mass is 9.94. The average molecular weight is 410 g/mol. The molecule has 0 aromatic heterocycles. The minimum absolute atomic E-state index is 0.0817. The number of benzene rings is 2. The van der Waals surface area contributed by atoms with E-state index in [0.717, 1.165) is 5.56 Å². The van der Waals surface area contributed by atoms with Crippen molar-refractivity contribution in [2.24, 2.45) is 0 Å². The number of nitro benzene ring substituents is 1. The number of methoxy groups -OCH3 is 1. The van der Waals surface area contributed by atoms with Crippen molar-refractivity contribution in [1.82, 2.24) is 4.90 Å². The van der Waals surface area contributed by atoms with Crippen LogP contribution in [-0.2, 0) is 14.3 Å². The van der Waals surface area contributed by atoms with Crippen molar-refractivity contribution < 1.29 is 24.4 Å². The van der Waals surface area contributed by atoms with Crippen molar-refractivity contribution in [3.8, 4) is 0 Å². The second-order valence-corrected chi connectivity index (χ2v) is 7.06. The molecular formula is C22H22N2O6. The molecule has 8 heteroatoms. The van der Waals surface area contributed by atoms with E-state index >= 15 is 0 Å². The van der Waals surface area contributed by atoms with Crippen LogP contribution in [0.2, 0.25) is 0 Å². The fourth-order valence-corrected chi connectivity index (χ4v) is 3.51. The number of amides is 1. The molecule has 0 bridgehead atoms. The molecule has 1 saturated heterocycles. The number of nitro groups is 1. The van der Waals surface area contributed by atoms with Crippen LogP contribution < -0.4 is 0 Å². The van der Waals surface area contributed by atoms with E-state index in [1.54, 1.807) is 30.3 Å². The third-order valence-electron chi connectivity index (χ3n) is 5.01. The van der Waals surface area contributed by atoms with Gasteiger partial charge in [-0.05, 0) is 18.9 Å². The van der Waals surface area contributed by atoms with Crippen molar-refractivity contribution in [3.63, 3.8) is 0 Å². The highest BCUT2D eigenvalue weighted by Gasteiger charge is 2.46. The fourth-order valence-electron chi connectivity index (χ4n) is 3.51. The Bertz CT molecular complexity index is 1010. The Morgan fingerprint density at radius 2 is 1.90 bits per heavy atom. The van der Waals surface area contributed by atoms with Gasteiger partial charge in [0.2, 0.25) is 0 Å². The topological polar surface area (TPSA) is 110 Å². The third kappa shape index (κ3) is 4.08. The summed E-state index contributed by atoms with van der Waals surface area (Å²) in [5.41, 5.74) is 1.51. The number of ether oxygens (including phenoxy) is 1. The van der Waals surface area contributed by atoms with Crippen LogP contribution in [-0.4, -0.2) is 46.9 Å². The summed E-state index contributed by atoms with van der Waals surface area (Å²) in [7, 11) is 1.53. The van der Waals surface area contributed by atoms with Gasteiger partial charge < -0.3 is 14.7 Å². The van der Waals surface area contributed by atoms with Crippen LogP contribution in [0.5, 0.6) is 0 Å². The number of Topliss-reactive ketones (excluding diaryl/α,β-unsaturated/α-hetero) is 1. The van der Waals surface area contributed by atoms with Crippen molar-refractivity contribution in [2.45, 2.75) is 19.4 Å². The molecule has 1 unspecified atom stereocenters. The number of non-ortho nitro benzene ring substituents is 1. The first-order valence-corrected chi connectivity index (χ1v) is 9.44. The first kappa shape index (κ1) is 21.2. The zero-order chi connectivity index (χ0) is 21.8. The zero-order valence-electron chi connectivity index (χ0n) is 16.7. The maximum absolute atomic E-state index is 12.9. The van der Waals surface area contributed by atoms with E-state index < -0.39 is 22.7 Å². The number of carbonyl (C=O) groups excluding carboxylic acids is 2. The Morgan fingerprint density at radius 1 is 1.20 bits per heavy atom. The number of hydrogen-bond donors (Lipinski definition) is 1. The number of aliphatic hydroxyl groups excluding tert-OH is 1. The summed E-state index contributed by atoms with van der Waals surface area (Å²) in [6, 6.07) is 11.7. The Labute approximate surface area is 173 Å². The van der Waals surface area contributed by atoms with E-state index in [1.807, 2.05) is 6.92 Å². The molecule has 1 amide bonds. The van der Waals surface area contributed by atoms with Gasteiger partial charge in [-0.15, -0.1) is 0 Å². The molecule has 1 aliphatic heterocycles. The predicted octanol–water partition coefficient (Wildman–Crippen LogP) is 3.36. The quantitative estimate of drug-likeness (QED) is 0.187. The summed E-state index contributed by atoms with van der Waals surface area (Å²) in [6.07, 6.45) is 0.472. The van der Waals surface area contributed by atoms with Crippen molar-refractivity contribution in [3.05, 3.63) is 80.9 Å². The highest BCUT2D eigenvalue weighted by molar-refractivity contribution is 6.46. The van der Waals surface area contributed by atoms with Crippen LogP contribution in [0.4, 0.5) is 5.69 Å². The monoisotopic (exact) mass is 410 g/mol. The van der Waals surface area contributed by atoms with Gasteiger partial charge in [0.25, 0.3) is 17.4 Å². The van der Waals surface area contributed by atoms with E-state index in [1.165, 1.54) is 30.2 Å². The standard InChI is InChI=1S/C22H22N2O6/c1-14-7-9-15(10-8-14)20(25)18-19(16-5-3-6-17(13-16)24(28)29)23(11-4-12-30-2)22(27)21(18)26/h3,5-10,13,19,25H,4,11-12H2,1-2H3. The molecule has 0 radical (unpaired) electrons. The number of nitrogens with zero attached hydrogens (tertiary/aromatic N) is 2. The molecule has 2 aromatic rings. The van der Waals surface area contributed by atoms with Crippen LogP contribution in [0.15, 0.2) is 54.1 Å². The number of aliphatic hydroxyl groups is 1. The molecule has 1 heterocycles. The van der Waals surface area contributed by atoms with Gasteiger partial charge in [-0.25, -0.2) is 0 Å². The molecule has 0 spiro atoms. The Hall–Kier alpha value is -3.52. The number of rotatable bonds is 7. The summed E-state index contributed by atoms with van der Waals surface area (Å²) in [4.78, 5) is 37.6. The van der Waals surface area contributed by atoms with E-state index in [9.17, 15) is 24.8 Å². The Morgan fingerprint density at radius 3 is 2.53 bits per heavy atom. The molecule has 1 N–H and O–H groups in total. The van der Waals surface area contributed by atoms with Crippen LogP contribution in [0.1, 0.15) is 29.2 Å². The lowest BCUT2D eigenvalue weighted by Crippen LogP contribution is -2.31. The minimum atomic E-state index is -0.928. The van der Waals surface area contributed by atoms with Crippen LogP contribution >= 0.6 is 0 Å². The van der Waals surface area contributed by atoms with Gasteiger partial charge in [0, 0.05) is 38.0 Å². The molecular weight excluding hydrogens is 388 g/mol. The Kier molecular flexibility index (Phi) is 6.27. The van der Waals surface area contributed by atoms with Crippen LogP contribution in [0.25, 0.3) is 5.76 Å². The summed E-state index contributed by atoms with van der Waals surface area (Å²) in [5.74, 6) is -1.88. The zero-order valence-corrected chi connectivity index (χ0v) is 16.7. The van der Waals surface area contributed by atoms with E-state index in [4.69, 9.17) is 4.74 Å². The molecule has 3 rings (SSSR count). The number of hydrogen-bond acceptors (Lipinski definition) is 6. The third-order valence-corrected chi connectivity index (χ3v) is 5.01. The molecule has 1 aliphatic rings. The smallest absolute Gasteiger partial charge is 0.295 e. The van der Waals surface area contributed by atoms with Crippen LogP contribution in [0.3, 0.4) is 0 Å². The normalized spacial score (nSPS) is 18.1. The van der Waals surface area contributed by atoms with Gasteiger partial charge in [0.05, 0.1) is 16.5 Å². The van der Waals surface area contributed by atoms with Gasteiger partial charge in [0.1, 0.15) is 5.76 Å². The van der Waals surface area contributed by atoms with Gasteiger partial charge in [-0.3, -0.25) is 19.7 Å². The van der Waals surface area contributed by atoms with E-state index in [0.29, 0.717) is 24.2 Å². The van der Waals surface area contributed by atoms with Crippen LogP contribution in [0, 0.1) is 17.0 Å². The molecule has 0 saturated carbocycles. The molecule has 0 aliphatic carbocycles. The second-order valence-electron chi connectivity index (χ2n) is 7.06. The Balaban J connectivity index is 2.15. The van der Waals surface area contributed by atoms with Gasteiger partial charge in [-0.1, -0.05) is 42.0 Å². The summed E-state index contributed by atoms with van der Waals surface area (Å²) >= 11 is 0. The largest absolute Gasteiger partial charge is 0.507 e. The molecule has 1 fully saturated rings. The second kappa shape index (κ2) is 8.87. The summed E-state index contributed by atoms with van der Waals surface area (Å²) in [6.45, 7) is 2.47. The summed E-state index contributed by atoms with van der Waals surface area (Å²) in [5, 5.41) is 22.2. The van der Waals surface area contributed by atoms with Gasteiger partial charge >= 0.3 is 0 Å². The first-order valence-electron chi connectivity index (χ1n) is 9.44. The van der Waals surface area contributed by atoms with E-state index in [2.05, 4.69) is 0 Å². The van der Waals surface area contributed by atoms with Crippen molar-refractivity contribution in [2.75, 3.05) is 20.3 Å². The highest BCUT2D eigenvalue weighted by Crippen LogP contribution is 2.40. The molecule has 8 nitrogen and oxygen atoms in total. The lowest BCUT2D eigenvalue weighted by Gasteiger charge is -2.25. The number of ketones is 1. The average Bonchev–Trinajstić information content (AvgIpc) is 2.99. The molecule has 156 valence electrons. The van der Waals surface area contributed by atoms with Crippen molar-refractivity contribution in [1.29, 1.82) is 0 Å². The SMILES string of the molecule is COCCCN1C(=O)C(=O)C(=C(O)c2ccc(C)cc2)C1c1cccc([N+](=O)[O-])c1. The number of likely N-dealkylation sites (tertiary alicyclic amines) is 1. The molecule has 2 aromatic carbocycles. The number of carbonyl (C=O) groups is 2. The van der Waals surface area contributed by atoms with E-state index in [-0.39, 0.29) is 23.6 Å². The van der Waals surface area contributed by atoms with Gasteiger partial charge in [-0.2, -0.15) is 0 Å². The predicted molar refractivity (Wildman–Crippen MR) is 110 cm³/mol. The summed E-state index contributed by atoms with van der Waals surface area (Å²) < 4.78 is 5.04. The number of aryl methyl sites for hydroxylation is 1. The first-order chi connectivity index (χ1) is 14.3. The molecule has 30 heavy (non-hydrogen) atoms. The molecule has 1 atom stereocenters. The maximum atomic E-state index is 12.9. The highest BCUT2D eigenvalue weighted by atomic mass is 16.6.